The normalized spacial score (nSPS) is 11.9. The molecule has 0 aliphatic rings. The molecule has 0 saturated heterocycles. The molecule has 0 amide bonds. The Morgan fingerprint density at radius 3 is 2.47 bits per heavy atom. The third-order valence-corrected chi connectivity index (χ3v) is 2.53. The first-order valence-corrected chi connectivity index (χ1v) is 5.60. The Morgan fingerprint density at radius 1 is 1.20 bits per heavy atom. The van der Waals surface area contributed by atoms with E-state index in [-0.39, 0.29) is 12.4 Å². The number of hydrogen-bond donors (Lipinski definition) is 1. The van der Waals surface area contributed by atoms with E-state index in [9.17, 15) is 0 Å². The van der Waals surface area contributed by atoms with Crippen LogP contribution in [0.25, 0.3) is 0 Å². The number of hydrogen-bond acceptors (Lipinski definition) is 1. The predicted octanol–water partition coefficient (Wildman–Crippen LogP) is 3.60. The SMILES string of the molecule is CCCCNCC(C)c1ccccc1.Cl. The zero-order valence-electron chi connectivity index (χ0n) is 9.70. The molecule has 86 valence electrons. The van der Waals surface area contributed by atoms with Crippen LogP contribution in [0.2, 0.25) is 0 Å². The van der Waals surface area contributed by atoms with E-state index in [1.807, 2.05) is 0 Å². The van der Waals surface area contributed by atoms with Crippen LogP contribution in [-0.4, -0.2) is 13.1 Å². The smallest absolute Gasteiger partial charge is 0.00174 e. The lowest BCUT2D eigenvalue weighted by Crippen LogP contribution is -2.21. The van der Waals surface area contributed by atoms with Gasteiger partial charge in [-0.2, -0.15) is 0 Å². The summed E-state index contributed by atoms with van der Waals surface area (Å²) in [7, 11) is 0. The fourth-order valence-corrected chi connectivity index (χ4v) is 1.52. The molecule has 1 aromatic rings. The highest BCUT2D eigenvalue weighted by Crippen LogP contribution is 2.12. The van der Waals surface area contributed by atoms with Gasteiger partial charge < -0.3 is 5.32 Å². The molecule has 1 aromatic carbocycles. The molecule has 0 heterocycles. The molecule has 0 radical (unpaired) electrons. The maximum Gasteiger partial charge on any atom is 0.00174 e. The van der Waals surface area contributed by atoms with Gasteiger partial charge in [-0.3, -0.25) is 0 Å². The zero-order valence-corrected chi connectivity index (χ0v) is 10.5. The maximum atomic E-state index is 3.48. The monoisotopic (exact) mass is 227 g/mol. The van der Waals surface area contributed by atoms with Crippen LogP contribution < -0.4 is 5.32 Å². The quantitative estimate of drug-likeness (QED) is 0.733. The number of rotatable bonds is 6. The highest BCUT2D eigenvalue weighted by Gasteiger charge is 2.02. The van der Waals surface area contributed by atoms with Crippen molar-refractivity contribution < 1.29 is 0 Å². The molecule has 15 heavy (non-hydrogen) atoms. The van der Waals surface area contributed by atoms with Crippen LogP contribution in [0.4, 0.5) is 0 Å². The summed E-state index contributed by atoms with van der Waals surface area (Å²) in [5.74, 6) is 0.619. The van der Waals surface area contributed by atoms with E-state index < -0.39 is 0 Å². The molecule has 1 N–H and O–H groups in total. The van der Waals surface area contributed by atoms with Crippen LogP contribution in [0, 0.1) is 0 Å². The second-order valence-electron chi connectivity index (χ2n) is 3.87. The molecule has 0 bridgehead atoms. The van der Waals surface area contributed by atoms with Crippen molar-refractivity contribution in [3.05, 3.63) is 35.9 Å². The molecule has 2 heteroatoms. The van der Waals surface area contributed by atoms with Crippen LogP contribution in [0.5, 0.6) is 0 Å². The highest BCUT2D eigenvalue weighted by molar-refractivity contribution is 5.85. The van der Waals surface area contributed by atoms with Gasteiger partial charge >= 0.3 is 0 Å². The third-order valence-electron chi connectivity index (χ3n) is 2.53. The fourth-order valence-electron chi connectivity index (χ4n) is 1.52. The maximum absolute atomic E-state index is 3.48. The standard InChI is InChI=1S/C13H21N.ClH/c1-3-4-10-14-11-12(2)13-8-6-5-7-9-13;/h5-9,12,14H,3-4,10-11H2,1-2H3;1H. The molecular formula is C13H22ClN. The average molecular weight is 228 g/mol. The zero-order chi connectivity index (χ0) is 10.2. The Hall–Kier alpha value is -0.530. The van der Waals surface area contributed by atoms with Crippen molar-refractivity contribution in [1.29, 1.82) is 0 Å². The van der Waals surface area contributed by atoms with Gasteiger partial charge in [-0.05, 0) is 24.4 Å². The van der Waals surface area contributed by atoms with Crippen LogP contribution in [0.15, 0.2) is 30.3 Å². The molecule has 0 aliphatic carbocycles. The molecular weight excluding hydrogens is 206 g/mol. The number of benzene rings is 1. The topological polar surface area (TPSA) is 12.0 Å². The summed E-state index contributed by atoms with van der Waals surface area (Å²) in [5, 5.41) is 3.48. The summed E-state index contributed by atoms with van der Waals surface area (Å²) in [5.41, 5.74) is 1.43. The average Bonchev–Trinajstić information content (AvgIpc) is 2.25. The molecule has 0 saturated carbocycles. The van der Waals surface area contributed by atoms with Crippen LogP contribution >= 0.6 is 12.4 Å². The van der Waals surface area contributed by atoms with Gasteiger partial charge in [0, 0.05) is 6.54 Å². The van der Waals surface area contributed by atoms with Crippen LogP contribution in [0.1, 0.15) is 38.2 Å². The van der Waals surface area contributed by atoms with Crippen molar-refractivity contribution in [1.82, 2.24) is 5.32 Å². The van der Waals surface area contributed by atoms with Gasteiger partial charge in [0.25, 0.3) is 0 Å². The van der Waals surface area contributed by atoms with Gasteiger partial charge in [0.05, 0.1) is 0 Å². The van der Waals surface area contributed by atoms with E-state index in [2.05, 4.69) is 49.5 Å². The number of halogens is 1. The molecule has 0 aromatic heterocycles. The highest BCUT2D eigenvalue weighted by atomic mass is 35.5. The molecule has 1 rings (SSSR count). The Balaban J connectivity index is 0.00000196. The van der Waals surface area contributed by atoms with Crippen molar-refractivity contribution in [2.24, 2.45) is 0 Å². The molecule has 1 unspecified atom stereocenters. The fraction of sp³-hybridized carbons (Fsp3) is 0.538. The summed E-state index contributed by atoms with van der Waals surface area (Å²) in [4.78, 5) is 0. The van der Waals surface area contributed by atoms with Gasteiger partial charge in [0.1, 0.15) is 0 Å². The Morgan fingerprint density at radius 2 is 1.87 bits per heavy atom. The summed E-state index contributed by atoms with van der Waals surface area (Å²) in [6.45, 7) is 6.73. The number of unbranched alkanes of at least 4 members (excludes halogenated alkanes) is 1. The summed E-state index contributed by atoms with van der Waals surface area (Å²) >= 11 is 0. The minimum Gasteiger partial charge on any atom is -0.316 e. The largest absolute Gasteiger partial charge is 0.316 e. The number of nitrogens with one attached hydrogen (secondary N) is 1. The second kappa shape index (κ2) is 8.75. The summed E-state index contributed by atoms with van der Waals surface area (Å²) in [6.07, 6.45) is 2.55. The molecule has 0 fully saturated rings. The lowest BCUT2D eigenvalue weighted by molar-refractivity contribution is 0.591. The van der Waals surface area contributed by atoms with Crippen LogP contribution in [0.3, 0.4) is 0 Å². The van der Waals surface area contributed by atoms with Gasteiger partial charge in [-0.15, -0.1) is 12.4 Å². The van der Waals surface area contributed by atoms with Gasteiger partial charge in [0.2, 0.25) is 0 Å². The van der Waals surface area contributed by atoms with Crippen molar-refractivity contribution in [2.75, 3.05) is 13.1 Å². The van der Waals surface area contributed by atoms with Crippen molar-refractivity contribution in [3.63, 3.8) is 0 Å². The first-order valence-electron chi connectivity index (χ1n) is 5.60. The minimum atomic E-state index is 0. The minimum absolute atomic E-state index is 0. The molecule has 0 aliphatic heterocycles. The van der Waals surface area contributed by atoms with Crippen molar-refractivity contribution in [3.8, 4) is 0 Å². The van der Waals surface area contributed by atoms with E-state index >= 15 is 0 Å². The first kappa shape index (κ1) is 14.5. The van der Waals surface area contributed by atoms with Gasteiger partial charge in [-0.25, -0.2) is 0 Å². The second-order valence-corrected chi connectivity index (χ2v) is 3.87. The molecule has 1 atom stereocenters. The Bertz CT molecular complexity index is 236. The van der Waals surface area contributed by atoms with Gasteiger partial charge in [-0.1, -0.05) is 50.6 Å². The predicted molar refractivity (Wildman–Crippen MR) is 69.9 cm³/mol. The van der Waals surface area contributed by atoms with E-state index in [0.717, 1.165) is 13.1 Å². The lowest BCUT2D eigenvalue weighted by Gasteiger charge is -2.12. The van der Waals surface area contributed by atoms with Crippen LogP contribution in [-0.2, 0) is 0 Å². The van der Waals surface area contributed by atoms with E-state index in [4.69, 9.17) is 0 Å². The third kappa shape index (κ3) is 5.81. The lowest BCUT2D eigenvalue weighted by atomic mass is 10.0. The summed E-state index contributed by atoms with van der Waals surface area (Å²) in [6, 6.07) is 10.7. The van der Waals surface area contributed by atoms with E-state index in [1.54, 1.807) is 0 Å². The van der Waals surface area contributed by atoms with Crippen molar-refractivity contribution in [2.45, 2.75) is 32.6 Å². The van der Waals surface area contributed by atoms with Gasteiger partial charge in [0.15, 0.2) is 0 Å². The Labute approximate surface area is 99.7 Å². The van der Waals surface area contributed by atoms with Crippen molar-refractivity contribution >= 4 is 12.4 Å². The summed E-state index contributed by atoms with van der Waals surface area (Å²) < 4.78 is 0. The van der Waals surface area contributed by atoms with E-state index in [0.29, 0.717) is 5.92 Å². The first-order chi connectivity index (χ1) is 6.84. The molecule has 1 nitrogen and oxygen atoms in total. The molecule has 0 spiro atoms. The Kier molecular flexibility index (Phi) is 8.44. The van der Waals surface area contributed by atoms with E-state index in [1.165, 1.54) is 18.4 Å².